The molecule has 0 N–H and O–H groups in total. The minimum Gasteiger partial charge on any atom is -0.481 e. The number of esters is 1. The Hall–Kier alpha value is -3.69. The first kappa shape index (κ1) is 22.5. The molecule has 1 aliphatic rings. The normalized spacial score (nSPS) is 12.9. The lowest BCUT2D eigenvalue weighted by molar-refractivity contribution is -0.152. The van der Waals surface area contributed by atoms with Crippen LogP contribution in [-0.2, 0) is 15.7 Å². The van der Waals surface area contributed by atoms with Crippen LogP contribution in [0.25, 0.3) is 22.1 Å². The highest BCUT2D eigenvalue weighted by molar-refractivity contribution is 5.86. The van der Waals surface area contributed by atoms with E-state index < -0.39 is 35.5 Å². The maximum Gasteiger partial charge on any atom is 0.450 e. The van der Waals surface area contributed by atoms with Crippen molar-refractivity contribution in [2.75, 3.05) is 20.5 Å². The number of hydrogen-bond acceptors (Lipinski definition) is 7. The monoisotopic (exact) mass is 464 g/mol. The van der Waals surface area contributed by atoms with Gasteiger partial charge in [0.25, 0.3) is 0 Å². The first-order valence-electron chi connectivity index (χ1n) is 9.91. The van der Waals surface area contributed by atoms with Gasteiger partial charge in [-0.15, -0.1) is 0 Å². The predicted octanol–water partition coefficient (Wildman–Crippen LogP) is 4.88. The van der Waals surface area contributed by atoms with Gasteiger partial charge in [0, 0.05) is 6.07 Å². The van der Waals surface area contributed by atoms with Gasteiger partial charge in [-0.3, -0.25) is 4.79 Å². The molecule has 0 saturated heterocycles. The SMILES string of the molecule is COC(=O)COc1cc2oc(C(F)(F)F)c(-c3ccc4c(c3)OCO4)c(=O)c2cc1C(C)C. The lowest BCUT2D eigenvalue weighted by atomic mass is 9.97. The van der Waals surface area contributed by atoms with Gasteiger partial charge in [-0.2, -0.15) is 13.2 Å². The Morgan fingerprint density at radius 3 is 2.52 bits per heavy atom. The van der Waals surface area contributed by atoms with E-state index in [-0.39, 0.29) is 40.7 Å². The van der Waals surface area contributed by atoms with Crippen molar-refractivity contribution in [3.05, 3.63) is 51.9 Å². The molecule has 0 unspecified atom stereocenters. The molecule has 174 valence electrons. The second kappa shape index (κ2) is 8.34. The predicted molar refractivity (Wildman–Crippen MR) is 111 cm³/mol. The van der Waals surface area contributed by atoms with Crippen LogP contribution >= 0.6 is 0 Å². The Bertz CT molecular complexity index is 1290. The van der Waals surface area contributed by atoms with Gasteiger partial charge >= 0.3 is 12.1 Å². The molecule has 0 spiro atoms. The highest BCUT2D eigenvalue weighted by atomic mass is 19.4. The Kier molecular flexibility index (Phi) is 5.69. The van der Waals surface area contributed by atoms with Gasteiger partial charge in [0.15, 0.2) is 18.1 Å². The van der Waals surface area contributed by atoms with Crippen LogP contribution in [0.1, 0.15) is 31.1 Å². The van der Waals surface area contributed by atoms with Crippen molar-refractivity contribution in [2.24, 2.45) is 0 Å². The molecule has 1 aliphatic heterocycles. The molecule has 0 amide bonds. The van der Waals surface area contributed by atoms with E-state index in [1.54, 1.807) is 0 Å². The molecule has 10 heteroatoms. The van der Waals surface area contributed by atoms with Crippen molar-refractivity contribution in [1.82, 2.24) is 0 Å². The van der Waals surface area contributed by atoms with E-state index in [0.29, 0.717) is 11.3 Å². The fourth-order valence-corrected chi connectivity index (χ4v) is 3.52. The largest absolute Gasteiger partial charge is 0.481 e. The quantitative estimate of drug-likeness (QED) is 0.498. The summed E-state index contributed by atoms with van der Waals surface area (Å²) in [7, 11) is 1.18. The van der Waals surface area contributed by atoms with Gasteiger partial charge in [0.2, 0.25) is 18.0 Å². The summed E-state index contributed by atoms with van der Waals surface area (Å²) in [5, 5.41) is -0.0511. The second-order valence-corrected chi connectivity index (χ2v) is 7.61. The molecular weight excluding hydrogens is 445 g/mol. The third kappa shape index (κ3) is 4.20. The molecule has 0 radical (unpaired) electrons. The minimum atomic E-state index is -4.96. The Morgan fingerprint density at radius 1 is 1.12 bits per heavy atom. The van der Waals surface area contributed by atoms with Gasteiger partial charge in [-0.25, -0.2) is 4.79 Å². The van der Waals surface area contributed by atoms with Crippen molar-refractivity contribution < 1.29 is 41.3 Å². The maximum absolute atomic E-state index is 13.9. The van der Waals surface area contributed by atoms with Crippen LogP contribution < -0.4 is 19.6 Å². The molecule has 0 bridgehead atoms. The van der Waals surface area contributed by atoms with Crippen molar-refractivity contribution >= 4 is 16.9 Å². The average Bonchev–Trinajstić information content (AvgIpc) is 3.23. The fourth-order valence-electron chi connectivity index (χ4n) is 3.52. The van der Waals surface area contributed by atoms with Gasteiger partial charge in [0.1, 0.15) is 11.3 Å². The molecule has 0 atom stereocenters. The molecule has 0 fully saturated rings. The lowest BCUT2D eigenvalue weighted by Crippen LogP contribution is -2.17. The zero-order chi connectivity index (χ0) is 23.9. The van der Waals surface area contributed by atoms with Crippen LogP contribution in [0.5, 0.6) is 17.2 Å². The Morgan fingerprint density at radius 2 is 1.85 bits per heavy atom. The van der Waals surface area contributed by atoms with E-state index in [0.717, 1.165) is 0 Å². The molecule has 7 nitrogen and oxygen atoms in total. The fraction of sp³-hybridized carbons (Fsp3) is 0.304. The summed E-state index contributed by atoms with van der Waals surface area (Å²) in [6.07, 6.45) is -4.96. The van der Waals surface area contributed by atoms with E-state index >= 15 is 0 Å². The van der Waals surface area contributed by atoms with Gasteiger partial charge in [0.05, 0.1) is 18.1 Å². The molecule has 33 heavy (non-hydrogen) atoms. The van der Waals surface area contributed by atoms with Crippen LogP contribution in [-0.4, -0.2) is 26.5 Å². The Labute approximate surface area is 185 Å². The van der Waals surface area contributed by atoms with Crippen molar-refractivity contribution in [2.45, 2.75) is 25.9 Å². The Balaban J connectivity index is 1.96. The number of carbonyl (C=O) groups is 1. The van der Waals surface area contributed by atoms with Crippen LogP contribution in [0, 0.1) is 0 Å². The van der Waals surface area contributed by atoms with Gasteiger partial charge in [-0.05, 0) is 35.2 Å². The first-order chi connectivity index (χ1) is 15.6. The van der Waals surface area contributed by atoms with E-state index in [2.05, 4.69) is 4.74 Å². The van der Waals surface area contributed by atoms with E-state index in [4.69, 9.17) is 18.6 Å². The van der Waals surface area contributed by atoms with E-state index in [9.17, 15) is 22.8 Å². The molecule has 0 saturated carbocycles. The van der Waals surface area contributed by atoms with Crippen LogP contribution in [0.15, 0.2) is 39.5 Å². The zero-order valence-electron chi connectivity index (χ0n) is 17.9. The average molecular weight is 464 g/mol. The number of ether oxygens (including phenoxy) is 4. The minimum absolute atomic E-state index is 0.0145. The number of fused-ring (bicyclic) bond motifs is 2. The molecular formula is C23H19F3O7. The van der Waals surface area contributed by atoms with Crippen molar-refractivity contribution in [1.29, 1.82) is 0 Å². The number of hydrogen-bond donors (Lipinski definition) is 0. The van der Waals surface area contributed by atoms with Crippen LogP contribution in [0.4, 0.5) is 13.2 Å². The standard InChI is InChI=1S/C23H19F3O7/c1-11(2)13-7-14-17(8-16(13)30-9-19(27)29-3)33-22(23(24,25)26)20(21(14)28)12-4-5-15-18(6-12)32-10-31-15/h4-8,11H,9-10H2,1-3H3. The maximum atomic E-state index is 13.9. The number of rotatable bonds is 5. The summed E-state index contributed by atoms with van der Waals surface area (Å²) in [6.45, 7) is 3.12. The molecule has 2 aromatic carbocycles. The summed E-state index contributed by atoms with van der Waals surface area (Å²) in [6, 6.07) is 6.71. The second-order valence-electron chi connectivity index (χ2n) is 7.61. The lowest BCUT2D eigenvalue weighted by Gasteiger charge is -2.17. The van der Waals surface area contributed by atoms with E-state index in [1.165, 1.54) is 37.4 Å². The molecule has 4 rings (SSSR count). The van der Waals surface area contributed by atoms with Crippen molar-refractivity contribution in [3.63, 3.8) is 0 Å². The highest BCUT2D eigenvalue weighted by Gasteiger charge is 2.40. The van der Waals surface area contributed by atoms with Crippen molar-refractivity contribution in [3.8, 4) is 28.4 Å². The number of carbonyl (C=O) groups excluding carboxylic acids is 1. The smallest absolute Gasteiger partial charge is 0.450 e. The number of halogens is 3. The summed E-state index contributed by atoms with van der Waals surface area (Å²) in [5.74, 6) is -1.57. The number of alkyl halides is 3. The highest BCUT2D eigenvalue weighted by Crippen LogP contribution is 2.42. The topological polar surface area (TPSA) is 84.2 Å². The summed E-state index contributed by atoms with van der Waals surface area (Å²) < 4.78 is 67.5. The molecule has 0 aliphatic carbocycles. The molecule has 2 heterocycles. The summed E-state index contributed by atoms with van der Waals surface area (Å²) in [5.41, 5.74) is -1.30. The first-order valence-corrected chi connectivity index (χ1v) is 9.91. The number of methoxy groups -OCH3 is 1. The van der Waals surface area contributed by atoms with Gasteiger partial charge in [-0.1, -0.05) is 19.9 Å². The molecule has 1 aromatic heterocycles. The van der Waals surface area contributed by atoms with E-state index in [1.807, 2.05) is 13.8 Å². The van der Waals surface area contributed by atoms with Crippen LogP contribution in [0.3, 0.4) is 0 Å². The summed E-state index contributed by atoms with van der Waals surface area (Å²) >= 11 is 0. The van der Waals surface area contributed by atoms with Crippen LogP contribution in [0.2, 0.25) is 0 Å². The zero-order valence-corrected chi connectivity index (χ0v) is 17.9. The third-order valence-electron chi connectivity index (χ3n) is 5.14. The third-order valence-corrected chi connectivity index (χ3v) is 5.14. The molecule has 3 aromatic rings. The van der Waals surface area contributed by atoms with Gasteiger partial charge < -0.3 is 23.4 Å². The summed E-state index contributed by atoms with van der Waals surface area (Å²) in [4.78, 5) is 24.8. The number of benzene rings is 2.